The Bertz CT molecular complexity index is 942. The number of nitrogens with one attached hydrogen (secondary N) is 1. The number of imide groups is 1. The number of nitrogens with zero attached hydrogens (tertiary/aromatic N) is 2. The summed E-state index contributed by atoms with van der Waals surface area (Å²) in [6, 6.07) is 9.88. The Morgan fingerprint density at radius 3 is 2.91 bits per heavy atom. The minimum atomic E-state index is -0.394. The highest BCUT2D eigenvalue weighted by Gasteiger charge is 2.30. The zero-order valence-corrected chi connectivity index (χ0v) is 12.9. The van der Waals surface area contributed by atoms with E-state index in [1.54, 1.807) is 6.20 Å². The van der Waals surface area contributed by atoms with Gasteiger partial charge >= 0.3 is 0 Å². The Morgan fingerprint density at radius 2 is 2.13 bits per heavy atom. The van der Waals surface area contributed by atoms with Gasteiger partial charge < -0.3 is 4.57 Å². The second-order valence-electron chi connectivity index (χ2n) is 5.92. The number of fused-ring (bicyclic) bond motifs is 3. The predicted octanol–water partition coefficient (Wildman–Crippen LogP) is 2.73. The normalized spacial score (nSPS) is 18.6. The van der Waals surface area contributed by atoms with Crippen LogP contribution in [0.3, 0.4) is 0 Å². The van der Waals surface area contributed by atoms with Crippen LogP contribution in [0.5, 0.6) is 0 Å². The molecule has 5 nitrogen and oxygen atoms in total. The Labute approximate surface area is 133 Å². The predicted molar refractivity (Wildman–Crippen MR) is 88.0 cm³/mol. The number of piperidine rings is 1. The van der Waals surface area contributed by atoms with Crippen LogP contribution >= 0.6 is 0 Å². The number of carbonyl (C=O) groups is 2. The summed E-state index contributed by atoms with van der Waals surface area (Å²) < 4.78 is 1.99. The minimum Gasteiger partial charge on any atom is -0.313 e. The van der Waals surface area contributed by atoms with Crippen molar-refractivity contribution in [3.8, 4) is 0 Å². The molecule has 1 fully saturated rings. The lowest BCUT2D eigenvalue weighted by Gasteiger charge is -2.23. The third-order valence-electron chi connectivity index (χ3n) is 4.56. The minimum absolute atomic E-state index is 0.200. The second kappa shape index (κ2) is 5.19. The molecule has 1 aliphatic rings. The summed E-state index contributed by atoms with van der Waals surface area (Å²) in [5.41, 5.74) is 3.02. The molecule has 1 unspecified atom stereocenters. The molecule has 2 amide bonds. The highest BCUT2D eigenvalue weighted by Crippen LogP contribution is 2.33. The highest BCUT2D eigenvalue weighted by atomic mass is 16.2. The molecule has 0 saturated carbocycles. The molecule has 116 valence electrons. The molecule has 1 atom stereocenters. The van der Waals surface area contributed by atoms with E-state index in [1.807, 2.05) is 16.7 Å². The van der Waals surface area contributed by atoms with E-state index < -0.39 is 6.04 Å². The van der Waals surface area contributed by atoms with Crippen molar-refractivity contribution in [1.82, 2.24) is 14.9 Å². The Balaban J connectivity index is 2.02. The molecule has 3 aromatic rings. The molecule has 0 radical (unpaired) electrons. The van der Waals surface area contributed by atoms with Crippen molar-refractivity contribution in [2.45, 2.75) is 32.2 Å². The van der Waals surface area contributed by atoms with E-state index in [4.69, 9.17) is 0 Å². The number of aromatic nitrogens is 2. The standard InChI is InChI=1S/C18H17N3O2/c1-2-11-5-6-12-13-4-3-9-19-17(13)21(15(12)10-11)14-7-8-16(22)20-18(14)23/h3-6,9-10,14H,2,7-8H2,1H3,(H,20,22,23). The number of rotatable bonds is 2. The fourth-order valence-electron chi connectivity index (χ4n) is 3.38. The van der Waals surface area contributed by atoms with Crippen molar-refractivity contribution in [2.24, 2.45) is 0 Å². The van der Waals surface area contributed by atoms with Crippen LogP contribution in [0, 0.1) is 0 Å². The van der Waals surface area contributed by atoms with Gasteiger partial charge in [0.05, 0.1) is 5.52 Å². The van der Waals surface area contributed by atoms with Gasteiger partial charge in [0.15, 0.2) is 0 Å². The first-order valence-electron chi connectivity index (χ1n) is 7.90. The third-order valence-corrected chi connectivity index (χ3v) is 4.56. The number of hydrogen-bond acceptors (Lipinski definition) is 3. The van der Waals surface area contributed by atoms with Crippen LogP contribution in [0.2, 0.25) is 0 Å². The summed E-state index contributed by atoms with van der Waals surface area (Å²) in [6.07, 6.45) is 3.54. The number of aryl methyl sites for hydroxylation is 1. The van der Waals surface area contributed by atoms with E-state index >= 15 is 0 Å². The molecule has 1 N–H and O–H groups in total. The fraction of sp³-hybridized carbons (Fsp3) is 0.278. The van der Waals surface area contributed by atoms with Crippen LogP contribution in [0.25, 0.3) is 21.9 Å². The van der Waals surface area contributed by atoms with Gasteiger partial charge in [-0.1, -0.05) is 19.1 Å². The molecule has 5 heteroatoms. The fourth-order valence-corrected chi connectivity index (χ4v) is 3.38. The highest BCUT2D eigenvalue weighted by molar-refractivity contribution is 6.09. The van der Waals surface area contributed by atoms with Gasteiger partial charge in [-0.2, -0.15) is 0 Å². The van der Waals surface area contributed by atoms with Crippen LogP contribution in [0.15, 0.2) is 36.5 Å². The molecule has 1 saturated heterocycles. The van der Waals surface area contributed by atoms with Crippen LogP contribution < -0.4 is 5.32 Å². The van der Waals surface area contributed by atoms with E-state index in [1.165, 1.54) is 5.56 Å². The van der Waals surface area contributed by atoms with Gasteiger partial charge in [-0.3, -0.25) is 14.9 Å². The quantitative estimate of drug-likeness (QED) is 0.740. The van der Waals surface area contributed by atoms with Crippen molar-refractivity contribution in [3.63, 3.8) is 0 Å². The van der Waals surface area contributed by atoms with Crippen molar-refractivity contribution in [3.05, 3.63) is 42.1 Å². The maximum atomic E-state index is 12.4. The zero-order chi connectivity index (χ0) is 16.0. The lowest BCUT2D eigenvalue weighted by atomic mass is 10.1. The molecule has 0 spiro atoms. The van der Waals surface area contributed by atoms with Crippen molar-refractivity contribution in [1.29, 1.82) is 0 Å². The monoisotopic (exact) mass is 307 g/mol. The topological polar surface area (TPSA) is 64.0 Å². The number of amides is 2. The number of benzene rings is 1. The first kappa shape index (κ1) is 13.9. The molecular weight excluding hydrogens is 290 g/mol. The smallest absolute Gasteiger partial charge is 0.249 e. The average Bonchev–Trinajstić information content (AvgIpc) is 2.89. The van der Waals surface area contributed by atoms with Gasteiger partial charge in [-0.25, -0.2) is 4.98 Å². The molecule has 23 heavy (non-hydrogen) atoms. The van der Waals surface area contributed by atoms with Crippen molar-refractivity contribution >= 4 is 33.8 Å². The van der Waals surface area contributed by atoms with Gasteiger partial charge in [0.25, 0.3) is 0 Å². The summed E-state index contributed by atoms with van der Waals surface area (Å²) in [5.74, 6) is -0.443. The van der Waals surface area contributed by atoms with E-state index in [-0.39, 0.29) is 11.8 Å². The van der Waals surface area contributed by atoms with Gasteiger partial charge in [0, 0.05) is 23.4 Å². The van der Waals surface area contributed by atoms with E-state index in [9.17, 15) is 9.59 Å². The number of hydrogen-bond donors (Lipinski definition) is 1. The second-order valence-corrected chi connectivity index (χ2v) is 5.92. The lowest BCUT2D eigenvalue weighted by molar-refractivity contribution is -0.135. The van der Waals surface area contributed by atoms with Gasteiger partial charge in [0.1, 0.15) is 11.7 Å². The largest absolute Gasteiger partial charge is 0.313 e. The van der Waals surface area contributed by atoms with E-state index in [0.717, 1.165) is 28.4 Å². The first-order valence-corrected chi connectivity index (χ1v) is 7.90. The third kappa shape index (κ3) is 2.11. The summed E-state index contributed by atoms with van der Waals surface area (Å²) in [4.78, 5) is 28.3. The summed E-state index contributed by atoms with van der Waals surface area (Å²) >= 11 is 0. The van der Waals surface area contributed by atoms with Crippen LogP contribution in [0.4, 0.5) is 0 Å². The van der Waals surface area contributed by atoms with E-state index in [2.05, 4.69) is 35.4 Å². The maximum absolute atomic E-state index is 12.4. The molecule has 1 aliphatic heterocycles. The maximum Gasteiger partial charge on any atom is 0.249 e. The zero-order valence-electron chi connectivity index (χ0n) is 12.9. The summed E-state index contributed by atoms with van der Waals surface area (Å²) in [5, 5.41) is 4.58. The van der Waals surface area contributed by atoms with Crippen LogP contribution in [-0.2, 0) is 16.0 Å². The molecule has 0 aliphatic carbocycles. The van der Waals surface area contributed by atoms with Crippen LogP contribution in [-0.4, -0.2) is 21.4 Å². The average molecular weight is 307 g/mol. The SMILES string of the molecule is CCc1ccc2c3cccnc3n(C3CCC(=O)NC3=O)c2c1. The molecule has 1 aromatic carbocycles. The molecule has 4 rings (SSSR count). The van der Waals surface area contributed by atoms with Gasteiger partial charge in [-0.05, 0) is 36.6 Å². The summed E-state index contributed by atoms with van der Waals surface area (Å²) in [7, 11) is 0. The van der Waals surface area contributed by atoms with Crippen molar-refractivity contribution in [2.75, 3.05) is 0 Å². The molecule has 2 aromatic heterocycles. The van der Waals surface area contributed by atoms with E-state index in [0.29, 0.717) is 12.8 Å². The molecular formula is C18H17N3O2. The van der Waals surface area contributed by atoms with Crippen LogP contribution in [0.1, 0.15) is 31.4 Å². The van der Waals surface area contributed by atoms with Gasteiger partial charge in [-0.15, -0.1) is 0 Å². The Hall–Kier alpha value is -2.69. The van der Waals surface area contributed by atoms with Crippen molar-refractivity contribution < 1.29 is 9.59 Å². The Kier molecular flexibility index (Phi) is 3.15. The number of carbonyl (C=O) groups excluding carboxylic acids is 2. The summed E-state index contributed by atoms with van der Waals surface area (Å²) in [6.45, 7) is 2.11. The number of pyridine rings is 1. The lowest BCUT2D eigenvalue weighted by Crippen LogP contribution is -2.41. The molecule has 3 heterocycles. The first-order chi connectivity index (χ1) is 11.2. The Morgan fingerprint density at radius 1 is 1.26 bits per heavy atom. The van der Waals surface area contributed by atoms with Gasteiger partial charge in [0.2, 0.25) is 11.8 Å². The molecule has 0 bridgehead atoms.